The van der Waals surface area contributed by atoms with Crippen molar-refractivity contribution >= 4 is 22.8 Å². The summed E-state index contributed by atoms with van der Waals surface area (Å²) in [6.45, 7) is 1.68. The molecule has 0 aromatic rings. The summed E-state index contributed by atoms with van der Waals surface area (Å²) in [5.41, 5.74) is 3.19. The zero-order valence-electron chi connectivity index (χ0n) is 11.3. The molecule has 5 nitrogen and oxygen atoms in total. The number of carbonyl (C=O) groups is 1. The Kier molecular flexibility index (Phi) is 4.23. The van der Waals surface area contributed by atoms with E-state index in [9.17, 15) is 14.3 Å². The molecule has 2 N–H and O–H groups in total. The molecule has 1 amide bonds. The number of thioether (sulfide) groups is 1. The Morgan fingerprint density at radius 3 is 3.14 bits per heavy atom. The van der Waals surface area contributed by atoms with Gasteiger partial charge in [-0.25, -0.2) is 9.82 Å². The highest BCUT2D eigenvalue weighted by Gasteiger charge is 2.29. The highest BCUT2D eigenvalue weighted by atomic mass is 32.2. The molecule has 1 aliphatic carbocycles. The van der Waals surface area contributed by atoms with Crippen molar-refractivity contribution in [2.75, 3.05) is 13.1 Å². The van der Waals surface area contributed by atoms with Gasteiger partial charge in [-0.1, -0.05) is 12.2 Å². The van der Waals surface area contributed by atoms with Gasteiger partial charge in [0, 0.05) is 19.0 Å². The van der Waals surface area contributed by atoms with E-state index in [2.05, 4.69) is 10.4 Å². The fourth-order valence-corrected chi connectivity index (χ4v) is 3.31. The van der Waals surface area contributed by atoms with Crippen LogP contribution in [-0.4, -0.2) is 40.4 Å². The molecule has 2 unspecified atom stereocenters. The summed E-state index contributed by atoms with van der Waals surface area (Å²) >= 11 is 1.26. The Morgan fingerprint density at radius 1 is 1.52 bits per heavy atom. The zero-order valence-corrected chi connectivity index (χ0v) is 12.1. The second-order valence-corrected chi connectivity index (χ2v) is 6.09. The third-order valence-corrected chi connectivity index (χ3v) is 4.52. The molecule has 1 fully saturated rings. The van der Waals surface area contributed by atoms with Crippen molar-refractivity contribution in [3.05, 3.63) is 35.0 Å². The van der Waals surface area contributed by atoms with E-state index in [-0.39, 0.29) is 5.91 Å². The molecule has 7 heteroatoms. The third kappa shape index (κ3) is 3.25. The van der Waals surface area contributed by atoms with Crippen LogP contribution in [0.2, 0.25) is 0 Å². The van der Waals surface area contributed by atoms with E-state index in [1.165, 1.54) is 30.0 Å². The van der Waals surface area contributed by atoms with Gasteiger partial charge in [0.1, 0.15) is 5.83 Å². The maximum Gasteiger partial charge on any atom is 0.286 e. The van der Waals surface area contributed by atoms with Gasteiger partial charge >= 0.3 is 0 Å². The van der Waals surface area contributed by atoms with Gasteiger partial charge in [-0.3, -0.25) is 9.80 Å². The van der Waals surface area contributed by atoms with E-state index in [0.29, 0.717) is 10.1 Å². The third-order valence-electron chi connectivity index (χ3n) is 3.49. The van der Waals surface area contributed by atoms with Gasteiger partial charge in [0.15, 0.2) is 5.17 Å². The van der Waals surface area contributed by atoms with Gasteiger partial charge in [0.25, 0.3) is 5.91 Å². The number of aliphatic hydroxyl groups excluding tert-OH is 1. The molecule has 3 aliphatic rings. The van der Waals surface area contributed by atoms with E-state index >= 15 is 0 Å². The first kappa shape index (κ1) is 14.5. The number of nitrogens with one attached hydrogen (secondary N) is 1. The van der Waals surface area contributed by atoms with Gasteiger partial charge in [0.2, 0.25) is 0 Å². The highest BCUT2D eigenvalue weighted by Crippen LogP contribution is 2.31. The molecule has 2 aliphatic heterocycles. The predicted octanol–water partition coefficient (Wildman–Crippen LogP) is 1.50. The minimum absolute atomic E-state index is 0.335. The number of allylic oxidation sites excluding steroid dienone is 2. The van der Waals surface area contributed by atoms with Gasteiger partial charge in [-0.2, -0.15) is 4.99 Å². The molecular formula is C14H16FN3O2S. The summed E-state index contributed by atoms with van der Waals surface area (Å²) in [4.78, 5) is 16.4. The normalized spacial score (nSPS) is 31.6. The quantitative estimate of drug-likeness (QED) is 0.719. The predicted molar refractivity (Wildman–Crippen MR) is 79.9 cm³/mol. The van der Waals surface area contributed by atoms with Gasteiger partial charge in [-0.15, -0.1) is 0 Å². The maximum absolute atomic E-state index is 13.2. The van der Waals surface area contributed by atoms with Crippen molar-refractivity contribution in [2.45, 2.75) is 18.9 Å². The maximum atomic E-state index is 13.2. The Labute approximate surface area is 126 Å². The summed E-state index contributed by atoms with van der Waals surface area (Å²) in [7, 11) is 0. The number of hydrogen-bond acceptors (Lipinski definition) is 5. The summed E-state index contributed by atoms with van der Waals surface area (Å²) < 4.78 is 13.2. The molecular weight excluding hydrogens is 293 g/mol. The summed E-state index contributed by atoms with van der Waals surface area (Å²) in [5.74, 6) is -1.28. The molecule has 21 heavy (non-hydrogen) atoms. The molecule has 2 atom stereocenters. The fourth-order valence-electron chi connectivity index (χ4n) is 2.36. The minimum Gasteiger partial charge on any atom is -0.388 e. The molecule has 0 bridgehead atoms. The van der Waals surface area contributed by atoms with Gasteiger partial charge in [0.05, 0.1) is 11.0 Å². The van der Waals surface area contributed by atoms with Gasteiger partial charge < -0.3 is 5.11 Å². The fraction of sp³-hybridized carbons (Fsp3) is 0.429. The van der Waals surface area contributed by atoms with Crippen LogP contribution in [0.3, 0.4) is 0 Å². The Morgan fingerprint density at radius 2 is 2.38 bits per heavy atom. The van der Waals surface area contributed by atoms with Crippen LogP contribution in [0.1, 0.15) is 12.8 Å². The molecule has 0 saturated carbocycles. The lowest BCUT2D eigenvalue weighted by Gasteiger charge is -2.28. The number of amidine groups is 1. The first-order valence-corrected chi connectivity index (χ1v) is 7.72. The van der Waals surface area contributed by atoms with Crippen LogP contribution in [-0.2, 0) is 4.79 Å². The van der Waals surface area contributed by atoms with Crippen molar-refractivity contribution in [3.8, 4) is 0 Å². The molecule has 0 aromatic heterocycles. The SMILES string of the molecule is O=C1N=C(N2CCCCN2)S/C1=C\C1C=C(F)C=CC1O. The molecule has 0 aromatic carbocycles. The lowest BCUT2D eigenvalue weighted by molar-refractivity contribution is -0.113. The van der Waals surface area contributed by atoms with Crippen LogP contribution >= 0.6 is 11.8 Å². The molecule has 0 spiro atoms. The van der Waals surface area contributed by atoms with E-state index in [4.69, 9.17) is 0 Å². The van der Waals surface area contributed by atoms with E-state index in [1.54, 1.807) is 6.08 Å². The second kappa shape index (κ2) is 6.13. The highest BCUT2D eigenvalue weighted by molar-refractivity contribution is 8.18. The molecule has 0 radical (unpaired) electrons. The monoisotopic (exact) mass is 309 g/mol. The van der Waals surface area contributed by atoms with Crippen LogP contribution in [0.25, 0.3) is 0 Å². The topological polar surface area (TPSA) is 64.9 Å². The number of halogens is 1. The summed E-state index contributed by atoms with van der Waals surface area (Å²) in [6, 6.07) is 0. The molecule has 112 valence electrons. The standard InChI is InChI=1S/C14H16FN3O2S/c15-10-3-4-11(19)9(7-10)8-12-13(20)17-14(21-12)18-6-2-1-5-16-18/h3-4,7-9,11,16,19H,1-2,5-6H2/b12-8-. The summed E-state index contributed by atoms with van der Waals surface area (Å²) in [6.07, 6.45) is 6.85. The first-order chi connectivity index (χ1) is 10.1. The number of amides is 1. The van der Waals surface area contributed by atoms with Crippen molar-refractivity contribution in [2.24, 2.45) is 10.9 Å². The van der Waals surface area contributed by atoms with Crippen molar-refractivity contribution in [1.82, 2.24) is 10.4 Å². The molecule has 3 rings (SSSR count). The Hall–Kier alpha value is -1.44. The van der Waals surface area contributed by atoms with E-state index < -0.39 is 17.8 Å². The van der Waals surface area contributed by atoms with Crippen LogP contribution in [0.5, 0.6) is 0 Å². The summed E-state index contributed by atoms with van der Waals surface area (Å²) in [5, 5.41) is 12.3. The molecule has 1 saturated heterocycles. The lowest BCUT2D eigenvalue weighted by Crippen LogP contribution is -2.45. The number of hydrogen-bond donors (Lipinski definition) is 2. The Balaban J connectivity index is 1.72. The second-order valence-electron chi connectivity index (χ2n) is 5.08. The Bertz CT molecular complexity index is 565. The van der Waals surface area contributed by atoms with Crippen molar-refractivity contribution in [1.29, 1.82) is 0 Å². The first-order valence-electron chi connectivity index (χ1n) is 6.91. The number of rotatable bonds is 1. The molecule has 2 heterocycles. The number of carbonyl (C=O) groups excluding carboxylic acids is 1. The number of aliphatic hydroxyl groups is 1. The average molecular weight is 309 g/mol. The number of aliphatic imine (C=N–C) groups is 1. The van der Waals surface area contributed by atoms with Crippen molar-refractivity contribution < 1.29 is 14.3 Å². The number of hydrazine groups is 1. The largest absolute Gasteiger partial charge is 0.388 e. The minimum atomic E-state index is -0.817. The van der Waals surface area contributed by atoms with Gasteiger partial charge in [-0.05, 0) is 36.8 Å². The smallest absolute Gasteiger partial charge is 0.286 e. The number of nitrogens with zero attached hydrogens (tertiary/aromatic N) is 2. The van der Waals surface area contributed by atoms with Crippen LogP contribution in [0.15, 0.2) is 40.0 Å². The van der Waals surface area contributed by atoms with Crippen LogP contribution < -0.4 is 5.43 Å². The van der Waals surface area contributed by atoms with E-state index in [1.807, 2.05) is 5.01 Å². The van der Waals surface area contributed by atoms with Crippen molar-refractivity contribution in [3.63, 3.8) is 0 Å². The van der Waals surface area contributed by atoms with Crippen LogP contribution in [0.4, 0.5) is 4.39 Å². The lowest BCUT2D eigenvalue weighted by atomic mass is 9.96. The van der Waals surface area contributed by atoms with Crippen LogP contribution in [0, 0.1) is 5.92 Å². The zero-order chi connectivity index (χ0) is 14.8. The average Bonchev–Trinajstić information content (AvgIpc) is 2.85. The van der Waals surface area contributed by atoms with E-state index in [0.717, 1.165) is 25.9 Å².